The molecule has 2 heterocycles. The average Bonchev–Trinajstić information content (AvgIpc) is 3.11. The minimum atomic E-state index is -0.697. The Hall–Kier alpha value is -2.29. The van der Waals surface area contributed by atoms with Gasteiger partial charge in [-0.3, -0.25) is 24.5 Å². The molecule has 1 saturated heterocycles. The minimum Gasteiger partial charge on any atom is -0.456 e. The fraction of sp³-hybridized carbons (Fsp3) is 0.429. The molecule has 124 valence electrons. The largest absolute Gasteiger partial charge is 0.456 e. The van der Waals surface area contributed by atoms with E-state index in [1.165, 1.54) is 11.8 Å². The molecule has 0 unspecified atom stereocenters. The number of thioether (sulfide) groups is 1. The average molecular weight is 339 g/mol. The lowest BCUT2D eigenvalue weighted by atomic mass is 10.4. The first-order valence-corrected chi connectivity index (χ1v) is 7.99. The van der Waals surface area contributed by atoms with Gasteiger partial charge in [0.15, 0.2) is 6.61 Å². The Bertz CT molecular complexity index is 628. The predicted octanol–water partition coefficient (Wildman–Crippen LogP) is 0.384. The molecule has 0 spiro atoms. The van der Waals surface area contributed by atoms with Gasteiger partial charge < -0.3 is 14.2 Å². The summed E-state index contributed by atoms with van der Waals surface area (Å²) in [5, 5.41) is 2.09. The molecule has 8 nitrogen and oxygen atoms in total. The van der Waals surface area contributed by atoms with Gasteiger partial charge in [-0.1, -0.05) is 11.8 Å². The maximum Gasteiger partial charge on any atom is 0.308 e. The number of hydrogen-bond donors (Lipinski definition) is 1. The molecule has 1 aliphatic rings. The van der Waals surface area contributed by atoms with Crippen molar-refractivity contribution in [1.29, 1.82) is 0 Å². The number of esters is 1. The lowest BCUT2D eigenvalue weighted by Crippen LogP contribution is -2.35. The van der Waals surface area contributed by atoms with Crippen molar-refractivity contribution in [2.75, 3.05) is 25.4 Å². The SMILES string of the molecule is Cn1cccc1C(=O)NC(=O)COC(=O)CCN1CCSC1=O. The van der Waals surface area contributed by atoms with Crippen LogP contribution in [0.3, 0.4) is 0 Å². The summed E-state index contributed by atoms with van der Waals surface area (Å²) in [4.78, 5) is 47.8. The van der Waals surface area contributed by atoms with E-state index in [1.54, 1.807) is 34.8 Å². The van der Waals surface area contributed by atoms with Crippen LogP contribution >= 0.6 is 11.8 Å². The summed E-state index contributed by atoms with van der Waals surface area (Å²) < 4.78 is 6.36. The summed E-state index contributed by atoms with van der Waals surface area (Å²) in [7, 11) is 1.68. The molecule has 0 radical (unpaired) electrons. The van der Waals surface area contributed by atoms with E-state index in [9.17, 15) is 19.2 Å². The van der Waals surface area contributed by atoms with Gasteiger partial charge in [-0.25, -0.2) is 0 Å². The van der Waals surface area contributed by atoms with Crippen molar-refractivity contribution in [3.05, 3.63) is 24.0 Å². The van der Waals surface area contributed by atoms with Crippen molar-refractivity contribution in [2.24, 2.45) is 7.05 Å². The summed E-state index contributed by atoms with van der Waals surface area (Å²) in [6.45, 7) is 0.356. The van der Waals surface area contributed by atoms with Crippen molar-refractivity contribution in [3.63, 3.8) is 0 Å². The maximum absolute atomic E-state index is 11.8. The van der Waals surface area contributed by atoms with E-state index >= 15 is 0 Å². The van der Waals surface area contributed by atoms with Crippen LogP contribution in [0.15, 0.2) is 18.3 Å². The van der Waals surface area contributed by atoms with Crippen LogP contribution in [0, 0.1) is 0 Å². The number of carbonyl (C=O) groups is 4. The van der Waals surface area contributed by atoms with Crippen LogP contribution in [0.4, 0.5) is 4.79 Å². The number of aromatic nitrogens is 1. The number of aryl methyl sites for hydroxylation is 1. The van der Waals surface area contributed by atoms with Crippen LogP contribution in [0.2, 0.25) is 0 Å². The lowest BCUT2D eigenvalue weighted by molar-refractivity contribution is -0.148. The molecule has 1 N–H and O–H groups in total. The van der Waals surface area contributed by atoms with Crippen LogP contribution < -0.4 is 5.32 Å². The molecule has 0 bridgehead atoms. The van der Waals surface area contributed by atoms with E-state index in [-0.39, 0.29) is 18.2 Å². The van der Waals surface area contributed by atoms with E-state index in [4.69, 9.17) is 4.74 Å². The smallest absolute Gasteiger partial charge is 0.308 e. The van der Waals surface area contributed by atoms with Gasteiger partial charge in [0.25, 0.3) is 17.1 Å². The Morgan fingerprint density at radius 3 is 2.78 bits per heavy atom. The standard InChI is InChI=1S/C14H17N3O5S/c1-16-5-2-3-10(16)13(20)15-11(18)9-22-12(19)4-6-17-7-8-23-14(17)21/h2-3,5H,4,6-9H2,1H3,(H,15,18,20). The van der Waals surface area contributed by atoms with Crippen molar-refractivity contribution in [3.8, 4) is 0 Å². The molecule has 1 aromatic rings. The van der Waals surface area contributed by atoms with E-state index < -0.39 is 24.4 Å². The zero-order valence-electron chi connectivity index (χ0n) is 12.6. The second-order valence-corrected chi connectivity index (χ2v) is 5.94. The van der Waals surface area contributed by atoms with Gasteiger partial charge >= 0.3 is 5.97 Å². The number of nitrogens with one attached hydrogen (secondary N) is 1. The fourth-order valence-electron chi connectivity index (χ4n) is 2.00. The lowest BCUT2D eigenvalue weighted by Gasteiger charge is -2.13. The van der Waals surface area contributed by atoms with Crippen molar-refractivity contribution < 1.29 is 23.9 Å². The third kappa shape index (κ3) is 4.85. The Morgan fingerprint density at radius 1 is 1.39 bits per heavy atom. The molecular weight excluding hydrogens is 322 g/mol. The number of imide groups is 1. The summed E-state index contributed by atoms with van der Waals surface area (Å²) in [5.41, 5.74) is 0.328. The van der Waals surface area contributed by atoms with Gasteiger partial charge in [0.1, 0.15) is 5.69 Å². The van der Waals surface area contributed by atoms with Gasteiger partial charge in [0.05, 0.1) is 6.42 Å². The van der Waals surface area contributed by atoms with Gasteiger partial charge in [-0.2, -0.15) is 0 Å². The fourth-order valence-corrected chi connectivity index (χ4v) is 2.85. The number of hydrogen-bond acceptors (Lipinski definition) is 6. The number of amides is 3. The van der Waals surface area contributed by atoms with Gasteiger partial charge in [0.2, 0.25) is 0 Å². The molecule has 1 aromatic heterocycles. The zero-order chi connectivity index (χ0) is 16.8. The highest BCUT2D eigenvalue weighted by Gasteiger charge is 2.22. The maximum atomic E-state index is 11.8. The van der Waals surface area contributed by atoms with Crippen molar-refractivity contribution in [2.45, 2.75) is 6.42 Å². The quantitative estimate of drug-likeness (QED) is 0.753. The second kappa shape index (κ2) is 7.82. The topological polar surface area (TPSA) is 97.7 Å². The molecule has 0 aliphatic carbocycles. The van der Waals surface area contributed by atoms with Gasteiger partial charge in [0, 0.05) is 32.1 Å². The molecule has 23 heavy (non-hydrogen) atoms. The molecule has 9 heteroatoms. The number of nitrogens with zero attached hydrogens (tertiary/aromatic N) is 2. The zero-order valence-corrected chi connectivity index (χ0v) is 13.4. The summed E-state index contributed by atoms with van der Waals surface area (Å²) in [6, 6.07) is 3.25. The molecule has 0 aromatic carbocycles. The highest BCUT2D eigenvalue weighted by atomic mass is 32.2. The molecule has 0 atom stereocenters. The Labute approximate surface area is 137 Å². The van der Waals surface area contributed by atoms with Crippen LogP contribution in [0.1, 0.15) is 16.9 Å². The highest BCUT2D eigenvalue weighted by Crippen LogP contribution is 2.17. The van der Waals surface area contributed by atoms with Gasteiger partial charge in [-0.05, 0) is 12.1 Å². The first-order valence-electron chi connectivity index (χ1n) is 7.00. The van der Waals surface area contributed by atoms with Crippen LogP contribution in [-0.2, 0) is 21.4 Å². The van der Waals surface area contributed by atoms with E-state index in [1.807, 2.05) is 0 Å². The molecule has 1 fully saturated rings. The van der Waals surface area contributed by atoms with E-state index in [0.29, 0.717) is 12.2 Å². The summed E-state index contributed by atoms with van der Waals surface area (Å²) >= 11 is 1.21. The Balaban J connectivity index is 1.67. The van der Waals surface area contributed by atoms with Crippen LogP contribution in [0.5, 0.6) is 0 Å². The first kappa shape index (κ1) is 17.1. The Kier molecular flexibility index (Phi) is 5.80. The predicted molar refractivity (Wildman–Crippen MR) is 82.9 cm³/mol. The number of rotatable bonds is 6. The molecule has 3 amide bonds. The van der Waals surface area contributed by atoms with Crippen molar-refractivity contribution in [1.82, 2.24) is 14.8 Å². The number of ether oxygens (including phenoxy) is 1. The third-order valence-corrected chi connectivity index (χ3v) is 4.12. The molecule has 1 aliphatic heterocycles. The normalized spacial score (nSPS) is 14.0. The van der Waals surface area contributed by atoms with Crippen LogP contribution in [0.25, 0.3) is 0 Å². The van der Waals surface area contributed by atoms with Gasteiger partial charge in [-0.15, -0.1) is 0 Å². The minimum absolute atomic E-state index is 0.0192. The molecular formula is C14H17N3O5S. The Morgan fingerprint density at radius 2 is 2.17 bits per heavy atom. The molecule has 2 rings (SSSR count). The monoisotopic (exact) mass is 339 g/mol. The van der Waals surface area contributed by atoms with E-state index in [2.05, 4.69) is 5.32 Å². The number of carbonyl (C=O) groups excluding carboxylic acids is 4. The first-order chi connectivity index (χ1) is 11.0. The second-order valence-electron chi connectivity index (χ2n) is 4.89. The molecule has 0 saturated carbocycles. The summed E-state index contributed by atoms with van der Waals surface area (Å²) in [5.74, 6) is -1.12. The third-order valence-electron chi connectivity index (χ3n) is 3.22. The highest BCUT2D eigenvalue weighted by molar-refractivity contribution is 8.13. The van der Waals surface area contributed by atoms with Crippen LogP contribution in [-0.4, -0.2) is 57.9 Å². The summed E-state index contributed by atoms with van der Waals surface area (Å²) in [6.07, 6.45) is 1.70. The van der Waals surface area contributed by atoms with Crippen molar-refractivity contribution >= 4 is 34.8 Å². The van der Waals surface area contributed by atoms with E-state index in [0.717, 1.165) is 5.75 Å².